The fourth-order valence-corrected chi connectivity index (χ4v) is 4.33. The lowest BCUT2D eigenvalue weighted by Crippen LogP contribution is -2.09. The number of hydrogen-bond donors (Lipinski definition) is 0. The van der Waals surface area contributed by atoms with Crippen LogP contribution in [0.2, 0.25) is 0 Å². The highest BCUT2D eigenvalue weighted by molar-refractivity contribution is 5.85. The van der Waals surface area contributed by atoms with E-state index < -0.39 is 0 Å². The Kier molecular flexibility index (Phi) is 6.57. The molecule has 5 rings (SSSR count). The van der Waals surface area contributed by atoms with Crippen LogP contribution in [-0.4, -0.2) is 19.8 Å². The van der Waals surface area contributed by atoms with Gasteiger partial charge in [-0.3, -0.25) is 4.79 Å². The third-order valence-corrected chi connectivity index (χ3v) is 6.11. The number of hydrogen-bond acceptors (Lipinski definition) is 5. The van der Waals surface area contributed by atoms with Gasteiger partial charge in [0.1, 0.15) is 23.7 Å². The maximum Gasteiger partial charge on any atom is 0.200 e. The Labute approximate surface area is 204 Å². The zero-order valence-corrected chi connectivity index (χ0v) is 20.0. The molecule has 3 aromatic carbocycles. The van der Waals surface area contributed by atoms with Gasteiger partial charge in [0.05, 0.1) is 24.2 Å². The normalized spacial score (nSPS) is 13.2. The Balaban J connectivity index is 1.47. The second-order valence-corrected chi connectivity index (χ2v) is 8.51. The Bertz CT molecular complexity index is 1430. The molecule has 0 aliphatic carbocycles. The number of aryl methyl sites for hydroxylation is 2. The van der Waals surface area contributed by atoms with E-state index in [4.69, 9.17) is 18.6 Å². The highest BCUT2D eigenvalue weighted by Gasteiger charge is 2.19. The first-order valence-corrected chi connectivity index (χ1v) is 12.0. The first-order chi connectivity index (χ1) is 17.1. The number of ether oxygens (including phenoxy) is 3. The minimum atomic E-state index is -0.0662. The van der Waals surface area contributed by atoms with Gasteiger partial charge in [0.15, 0.2) is 11.5 Å². The topological polar surface area (TPSA) is 57.9 Å². The summed E-state index contributed by atoms with van der Waals surface area (Å²) in [5, 5.41) is 0.543. The molecule has 0 bridgehead atoms. The first kappa shape index (κ1) is 22.8. The molecule has 4 aromatic rings. The number of fused-ring (bicyclic) bond motifs is 2. The second-order valence-electron chi connectivity index (χ2n) is 8.51. The standard InChI is InChI=1S/C30H28O5/c1-3-22-17-24-27(19-26(22)33-14-7-11-21-9-5-4-6-10-21)35-20(2)29(30(24)31)23-12-13-25-28(18-23)34-16-8-15-32-25/h4-7,9-13,17-19H,3,8,14-16H2,1-2H3. The SMILES string of the molecule is CCc1cc2c(=O)c(-c3ccc4c(c3)OCCCO4)c(C)oc2cc1OCC=Cc1ccccc1. The van der Waals surface area contributed by atoms with Crippen LogP contribution in [0.1, 0.15) is 30.2 Å². The fraction of sp³-hybridized carbons (Fsp3) is 0.233. The van der Waals surface area contributed by atoms with E-state index in [0.29, 0.717) is 53.6 Å². The van der Waals surface area contributed by atoms with Gasteiger partial charge < -0.3 is 18.6 Å². The van der Waals surface area contributed by atoms with E-state index in [0.717, 1.165) is 35.3 Å². The lowest BCUT2D eigenvalue weighted by molar-refractivity contribution is 0.297. The summed E-state index contributed by atoms with van der Waals surface area (Å²) in [6.07, 6.45) is 5.57. The molecule has 5 nitrogen and oxygen atoms in total. The largest absolute Gasteiger partial charge is 0.490 e. The minimum Gasteiger partial charge on any atom is -0.490 e. The van der Waals surface area contributed by atoms with E-state index in [9.17, 15) is 4.79 Å². The molecule has 5 heteroatoms. The molecule has 0 N–H and O–H groups in total. The van der Waals surface area contributed by atoms with Crippen molar-refractivity contribution in [1.29, 1.82) is 0 Å². The predicted octanol–water partition coefficient (Wildman–Crippen LogP) is 6.58. The van der Waals surface area contributed by atoms with E-state index >= 15 is 0 Å². The minimum absolute atomic E-state index is 0.0662. The van der Waals surface area contributed by atoms with E-state index in [-0.39, 0.29) is 5.43 Å². The van der Waals surface area contributed by atoms with Gasteiger partial charge in [-0.25, -0.2) is 0 Å². The molecular formula is C30H28O5. The van der Waals surface area contributed by atoms with Gasteiger partial charge in [0.25, 0.3) is 0 Å². The van der Waals surface area contributed by atoms with Crippen molar-refractivity contribution in [2.24, 2.45) is 0 Å². The molecule has 0 fully saturated rings. The predicted molar refractivity (Wildman–Crippen MR) is 139 cm³/mol. The summed E-state index contributed by atoms with van der Waals surface area (Å²) in [5.41, 5.74) is 3.83. The lowest BCUT2D eigenvalue weighted by Gasteiger charge is -2.13. The van der Waals surface area contributed by atoms with Crippen LogP contribution in [0, 0.1) is 6.92 Å². The van der Waals surface area contributed by atoms with Crippen LogP contribution in [-0.2, 0) is 6.42 Å². The molecule has 0 unspecified atom stereocenters. The summed E-state index contributed by atoms with van der Waals surface area (Å²) in [7, 11) is 0. The van der Waals surface area contributed by atoms with Gasteiger partial charge in [-0.05, 0) is 54.3 Å². The molecule has 0 saturated carbocycles. The van der Waals surface area contributed by atoms with Crippen LogP contribution < -0.4 is 19.6 Å². The maximum atomic E-state index is 13.6. The Hall–Kier alpha value is -3.99. The first-order valence-electron chi connectivity index (χ1n) is 12.0. The average molecular weight is 469 g/mol. The summed E-state index contributed by atoms with van der Waals surface area (Å²) < 4.78 is 23.7. The van der Waals surface area contributed by atoms with Crippen molar-refractivity contribution in [2.75, 3.05) is 19.8 Å². The monoisotopic (exact) mass is 468 g/mol. The van der Waals surface area contributed by atoms with Crippen LogP contribution in [0.5, 0.6) is 17.2 Å². The molecule has 0 spiro atoms. The maximum absolute atomic E-state index is 13.6. The third-order valence-electron chi connectivity index (χ3n) is 6.11. The van der Waals surface area contributed by atoms with Crippen molar-refractivity contribution < 1.29 is 18.6 Å². The highest BCUT2D eigenvalue weighted by atomic mass is 16.5. The van der Waals surface area contributed by atoms with Crippen LogP contribution in [0.15, 0.2) is 76.0 Å². The van der Waals surface area contributed by atoms with Crippen molar-refractivity contribution in [2.45, 2.75) is 26.7 Å². The Morgan fingerprint density at radius 2 is 1.77 bits per heavy atom. The second kappa shape index (κ2) is 10.1. The Morgan fingerprint density at radius 3 is 2.57 bits per heavy atom. The van der Waals surface area contributed by atoms with Crippen LogP contribution >= 0.6 is 0 Å². The molecule has 1 aliphatic rings. The van der Waals surface area contributed by atoms with Gasteiger partial charge in [0, 0.05) is 12.5 Å². The molecule has 2 heterocycles. The van der Waals surface area contributed by atoms with Crippen molar-refractivity contribution in [1.82, 2.24) is 0 Å². The summed E-state index contributed by atoms with van der Waals surface area (Å²) in [6, 6.07) is 19.4. The van der Waals surface area contributed by atoms with E-state index in [1.165, 1.54) is 0 Å². The molecule has 0 saturated heterocycles. The van der Waals surface area contributed by atoms with Crippen molar-refractivity contribution >= 4 is 17.0 Å². The molecule has 35 heavy (non-hydrogen) atoms. The lowest BCUT2D eigenvalue weighted by atomic mass is 10.0. The van der Waals surface area contributed by atoms with Gasteiger partial charge in [-0.2, -0.15) is 0 Å². The van der Waals surface area contributed by atoms with Gasteiger partial charge in [-0.1, -0.05) is 49.4 Å². The highest BCUT2D eigenvalue weighted by Crippen LogP contribution is 2.35. The number of rotatable bonds is 6. The quantitative estimate of drug-likeness (QED) is 0.320. The van der Waals surface area contributed by atoms with E-state index in [2.05, 4.69) is 0 Å². The summed E-state index contributed by atoms with van der Waals surface area (Å²) in [6.45, 7) is 5.50. The zero-order chi connectivity index (χ0) is 24.2. The molecule has 1 aromatic heterocycles. The summed E-state index contributed by atoms with van der Waals surface area (Å²) in [5.74, 6) is 2.63. The Morgan fingerprint density at radius 1 is 0.971 bits per heavy atom. The van der Waals surface area contributed by atoms with Crippen LogP contribution in [0.3, 0.4) is 0 Å². The van der Waals surface area contributed by atoms with Crippen LogP contribution in [0.25, 0.3) is 28.2 Å². The molecular weight excluding hydrogens is 440 g/mol. The van der Waals surface area contributed by atoms with E-state index in [1.54, 1.807) is 0 Å². The van der Waals surface area contributed by atoms with Crippen molar-refractivity contribution in [3.05, 3.63) is 93.9 Å². The zero-order valence-electron chi connectivity index (χ0n) is 20.0. The van der Waals surface area contributed by atoms with Crippen molar-refractivity contribution in [3.8, 4) is 28.4 Å². The molecule has 178 valence electrons. The van der Waals surface area contributed by atoms with E-state index in [1.807, 2.05) is 86.7 Å². The molecule has 0 radical (unpaired) electrons. The molecule has 0 amide bonds. The van der Waals surface area contributed by atoms with Crippen LogP contribution in [0.4, 0.5) is 0 Å². The molecule has 1 aliphatic heterocycles. The average Bonchev–Trinajstić information content (AvgIpc) is 3.12. The fourth-order valence-electron chi connectivity index (χ4n) is 4.33. The van der Waals surface area contributed by atoms with Gasteiger partial charge >= 0.3 is 0 Å². The summed E-state index contributed by atoms with van der Waals surface area (Å²) >= 11 is 0. The van der Waals surface area contributed by atoms with Gasteiger partial charge in [0.2, 0.25) is 5.43 Å². The van der Waals surface area contributed by atoms with Crippen molar-refractivity contribution in [3.63, 3.8) is 0 Å². The number of benzene rings is 3. The third kappa shape index (κ3) is 4.80. The van der Waals surface area contributed by atoms with Gasteiger partial charge in [-0.15, -0.1) is 0 Å². The molecule has 0 atom stereocenters. The summed E-state index contributed by atoms with van der Waals surface area (Å²) in [4.78, 5) is 13.6. The smallest absolute Gasteiger partial charge is 0.200 e.